The van der Waals surface area contributed by atoms with Gasteiger partial charge in [0, 0.05) is 49.0 Å². The Labute approximate surface area is 145 Å². The van der Waals surface area contributed by atoms with Gasteiger partial charge < -0.3 is 14.8 Å². The predicted molar refractivity (Wildman–Crippen MR) is 91.9 cm³/mol. The molecule has 6 nitrogen and oxygen atoms in total. The van der Waals surface area contributed by atoms with Crippen molar-refractivity contribution in [2.75, 3.05) is 11.4 Å². The van der Waals surface area contributed by atoms with Crippen molar-refractivity contribution in [3.05, 3.63) is 47.5 Å². The number of imidazole rings is 1. The molecular weight excluding hydrogens is 328 g/mol. The van der Waals surface area contributed by atoms with Crippen LogP contribution in [0.3, 0.4) is 0 Å². The largest absolute Gasteiger partial charge is 0.351 e. The second-order valence-electron chi connectivity index (χ2n) is 5.87. The molecule has 2 heterocycles. The molecule has 0 aliphatic carbocycles. The summed E-state index contributed by atoms with van der Waals surface area (Å²) in [6, 6.07) is 6.97. The molecule has 1 aromatic carbocycles. The Morgan fingerprint density at radius 3 is 2.79 bits per heavy atom. The molecule has 0 saturated carbocycles. The number of aryl methyl sites for hydroxylation is 2. The standard InChI is InChI=1S/C17H19ClN4O2/c1-12-19-7-9-21(12)8-6-16(23)20-14-10-17(24)22(11-14)15-4-2-13(18)3-5-15/h2-5,7,9,14H,6,8,10-11H2,1H3,(H,20,23)/t14-/m1/s1. The van der Waals surface area contributed by atoms with Gasteiger partial charge in [0.15, 0.2) is 0 Å². The molecular formula is C17H19ClN4O2. The molecule has 1 atom stereocenters. The number of aromatic nitrogens is 2. The lowest BCUT2D eigenvalue weighted by Crippen LogP contribution is -2.37. The number of carbonyl (C=O) groups is 2. The summed E-state index contributed by atoms with van der Waals surface area (Å²) >= 11 is 5.87. The molecule has 1 fully saturated rings. The van der Waals surface area contributed by atoms with E-state index in [-0.39, 0.29) is 17.9 Å². The zero-order valence-electron chi connectivity index (χ0n) is 13.4. The molecule has 0 unspecified atom stereocenters. The number of carbonyl (C=O) groups excluding carboxylic acids is 2. The van der Waals surface area contributed by atoms with E-state index in [0.29, 0.717) is 31.0 Å². The summed E-state index contributed by atoms with van der Waals surface area (Å²) in [4.78, 5) is 30.1. The van der Waals surface area contributed by atoms with Gasteiger partial charge in [-0.3, -0.25) is 9.59 Å². The van der Waals surface area contributed by atoms with Gasteiger partial charge in [0.1, 0.15) is 5.82 Å². The first-order valence-corrected chi connectivity index (χ1v) is 8.24. The molecule has 24 heavy (non-hydrogen) atoms. The predicted octanol–water partition coefficient (Wildman–Crippen LogP) is 2.16. The summed E-state index contributed by atoms with van der Waals surface area (Å²) in [6.07, 6.45) is 4.25. The summed E-state index contributed by atoms with van der Waals surface area (Å²) in [5.41, 5.74) is 0.801. The second kappa shape index (κ2) is 7.05. The molecule has 3 rings (SSSR count). The van der Waals surface area contributed by atoms with Crippen LogP contribution in [0.5, 0.6) is 0 Å². The van der Waals surface area contributed by atoms with E-state index >= 15 is 0 Å². The van der Waals surface area contributed by atoms with Crippen LogP contribution in [0.15, 0.2) is 36.7 Å². The lowest BCUT2D eigenvalue weighted by atomic mass is 10.2. The van der Waals surface area contributed by atoms with Crippen molar-refractivity contribution in [3.8, 4) is 0 Å². The zero-order chi connectivity index (χ0) is 17.1. The Morgan fingerprint density at radius 1 is 1.38 bits per heavy atom. The molecule has 1 N–H and O–H groups in total. The summed E-state index contributed by atoms with van der Waals surface area (Å²) < 4.78 is 1.93. The van der Waals surface area contributed by atoms with Gasteiger partial charge >= 0.3 is 0 Å². The highest BCUT2D eigenvalue weighted by atomic mass is 35.5. The van der Waals surface area contributed by atoms with E-state index in [1.807, 2.05) is 29.8 Å². The molecule has 7 heteroatoms. The maximum atomic E-state index is 12.2. The SMILES string of the molecule is Cc1nccn1CCC(=O)N[C@@H]1CC(=O)N(c2ccc(Cl)cc2)C1. The van der Waals surface area contributed by atoms with Crippen molar-refractivity contribution in [2.45, 2.75) is 32.4 Å². The topological polar surface area (TPSA) is 67.2 Å². The van der Waals surface area contributed by atoms with Crippen LogP contribution in [-0.2, 0) is 16.1 Å². The van der Waals surface area contributed by atoms with E-state index in [9.17, 15) is 9.59 Å². The number of benzene rings is 1. The number of rotatable bonds is 5. The molecule has 0 bridgehead atoms. The second-order valence-corrected chi connectivity index (χ2v) is 6.30. The van der Waals surface area contributed by atoms with Crippen LogP contribution in [0.2, 0.25) is 5.02 Å². The molecule has 1 saturated heterocycles. The molecule has 2 aromatic rings. The fraction of sp³-hybridized carbons (Fsp3) is 0.353. The van der Waals surface area contributed by atoms with Crippen LogP contribution in [0, 0.1) is 6.92 Å². The Bertz CT molecular complexity index is 741. The highest BCUT2D eigenvalue weighted by molar-refractivity contribution is 6.30. The van der Waals surface area contributed by atoms with Gasteiger partial charge in [0.2, 0.25) is 11.8 Å². The summed E-state index contributed by atoms with van der Waals surface area (Å²) in [5.74, 6) is 0.833. The van der Waals surface area contributed by atoms with Crippen molar-refractivity contribution in [1.29, 1.82) is 0 Å². The lowest BCUT2D eigenvalue weighted by molar-refractivity contribution is -0.122. The number of amides is 2. The highest BCUT2D eigenvalue weighted by Gasteiger charge is 2.31. The normalized spacial score (nSPS) is 17.3. The van der Waals surface area contributed by atoms with E-state index < -0.39 is 0 Å². The van der Waals surface area contributed by atoms with Crippen LogP contribution in [0.4, 0.5) is 5.69 Å². The number of hydrogen-bond donors (Lipinski definition) is 1. The van der Waals surface area contributed by atoms with Crippen molar-refractivity contribution in [3.63, 3.8) is 0 Å². The van der Waals surface area contributed by atoms with Gasteiger partial charge in [0.05, 0.1) is 6.04 Å². The number of halogens is 1. The van der Waals surface area contributed by atoms with Crippen molar-refractivity contribution >= 4 is 29.1 Å². The minimum Gasteiger partial charge on any atom is -0.351 e. The van der Waals surface area contributed by atoms with Gasteiger partial charge in [-0.1, -0.05) is 11.6 Å². The van der Waals surface area contributed by atoms with E-state index in [2.05, 4.69) is 10.3 Å². The molecule has 1 aromatic heterocycles. The maximum Gasteiger partial charge on any atom is 0.229 e. The minimum atomic E-state index is -0.162. The van der Waals surface area contributed by atoms with Crippen LogP contribution < -0.4 is 10.2 Å². The first kappa shape index (κ1) is 16.5. The molecule has 0 spiro atoms. The fourth-order valence-corrected chi connectivity index (χ4v) is 2.96. The fourth-order valence-electron chi connectivity index (χ4n) is 2.84. The van der Waals surface area contributed by atoms with E-state index in [1.54, 1.807) is 23.2 Å². The Hall–Kier alpha value is -2.34. The summed E-state index contributed by atoms with van der Waals surface area (Å²) in [5, 5.41) is 3.57. The van der Waals surface area contributed by atoms with Gasteiger partial charge in [-0.2, -0.15) is 0 Å². The maximum absolute atomic E-state index is 12.2. The summed E-state index contributed by atoms with van der Waals surface area (Å²) in [7, 11) is 0. The van der Waals surface area contributed by atoms with Gasteiger partial charge in [0.25, 0.3) is 0 Å². The Morgan fingerprint density at radius 2 is 2.12 bits per heavy atom. The monoisotopic (exact) mass is 346 g/mol. The van der Waals surface area contributed by atoms with Gasteiger partial charge in [-0.15, -0.1) is 0 Å². The lowest BCUT2D eigenvalue weighted by Gasteiger charge is -2.17. The molecule has 0 radical (unpaired) electrons. The minimum absolute atomic E-state index is 0.00748. The molecule has 126 valence electrons. The van der Waals surface area contributed by atoms with Crippen LogP contribution >= 0.6 is 11.6 Å². The quantitative estimate of drug-likeness (QED) is 0.902. The average molecular weight is 347 g/mol. The molecule has 2 amide bonds. The van der Waals surface area contributed by atoms with Gasteiger partial charge in [-0.05, 0) is 31.2 Å². The van der Waals surface area contributed by atoms with Crippen molar-refractivity contribution in [2.24, 2.45) is 0 Å². The molecule has 1 aliphatic rings. The number of hydrogen-bond acceptors (Lipinski definition) is 3. The third kappa shape index (κ3) is 3.76. The van der Waals surface area contributed by atoms with Crippen molar-refractivity contribution in [1.82, 2.24) is 14.9 Å². The summed E-state index contributed by atoms with van der Waals surface area (Å²) in [6.45, 7) is 2.97. The molecule has 1 aliphatic heterocycles. The third-order valence-corrected chi connectivity index (χ3v) is 4.38. The van der Waals surface area contributed by atoms with E-state index in [1.165, 1.54) is 0 Å². The van der Waals surface area contributed by atoms with Crippen LogP contribution in [-0.4, -0.2) is 34.0 Å². The first-order valence-electron chi connectivity index (χ1n) is 7.86. The van der Waals surface area contributed by atoms with E-state index in [4.69, 9.17) is 11.6 Å². The van der Waals surface area contributed by atoms with Crippen LogP contribution in [0.25, 0.3) is 0 Å². The van der Waals surface area contributed by atoms with E-state index in [0.717, 1.165) is 11.5 Å². The zero-order valence-corrected chi connectivity index (χ0v) is 14.2. The van der Waals surface area contributed by atoms with Gasteiger partial charge in [-0.25, -0.2) is 4.98 Å². The first-order chi connectivity index (χ1) is 11.5. The Kier molecular flexibility index (Phi) is 4.85. The van der Waals surface area contributed by atoms with Crippen LogP contribution in [0.1, 0.15) is 18.7 Å². The van der Waals surface area contributed by atoms with Crippen molar-refractivity contribution < 1.29 is 9.59 Å². The number of nitrogens with one attached hydrogen (secondary N) is 1. The highest BCUT2D eigenvalue weighted by Crippen LogP contribution is 2.23. The number of nitrogens with zero attached hydrogens (tertiary/aromatic N) is 3. The number of anilines is 1. The Balaban J connectivity index is 1.53. The third-order valence-electron chi connectivity index (χ3n) is 4.13. The smallest absolute Gasteiger partial charge is 0.229 e. The average Bonchev–Trinajstić information content (AvgIpc) is 3.12.